The van der Waals surface area contributed by atoms with Gasteiger partial charge in [-0.3, -0.25) is 0 Å². The highest BCUT2D eigenvalue weighted by Crippen LogP contribution is 2.31. The summed E-state index contributed by atoms with van der Waals surface area (Å²) in [6.45, 7) is 0.454. The lowest BCUT2D eigenvalue weighted by atomic mass is 10.1. The van der Waals surface area contributed by atoms with Gasteiger partial charge >= 0.3 is 12.3 Å². The van der Waals surface area contributed by atoms with E-state index in [1.165, 1.54) is 6.07 Å². The van der Waals surface area contributed by atoms with Crippen LogP contribution in [0.1, 0.15) is 23.1 Å². The molecule has 0 heterocycles. The molecule has 2 rings (SSSR count). The van der Waals surface area contributed by atoms with Crippen LogP contribution in [0.25, 0.3) is 0 Å². The Kier molecular flexibility index (Phi) is 7.10. The van der Waals surface area contributed by atoms with E-state index in [2.05, 4.69) is 33.1 Å². The van der Waals surface area contributed by atoms with Gasteiger partial charge in [0.05, 0.1) is 5.56 Å². The Morgan fingerprint density at radius 2 is 1.88 bits per heavy atom. The van der Waals surface area contributed by atoms with Gasteiger partial charge in [0.2, 0.25) is 0 Å². The van der Waals surface area contributed by atoms with Gasteiger partial charge in [0.25, 0.3) is 0 Å². The molecule has 0 aliphatic carbocycles. The van der Waals surface area contributed by atoms with E-state index in [4.69, 9.17) is 4.74 Å². The number of halogens is 4. The second-order valence-corrected chi connectivity index (χ2v) is 6.09. The number of hydrogen-bond donors (Lipinski definition) is 1. The molecular formula is C19H15BrF3NO2. The van der Waals surface area contributed by atoms with Crippen molar-refractivity contribution in [3.63, 3.8) is 0 Å². The largest absolute Gasteiger partial charge is 0.445 e. The zero-order valence-electron chi connectivity index (χ0n) is 13.6. The fraction of sp³-hybridized carbons (Fsp3) is 0.211. The Labute approximate surface area is 157 Å². The lowest BCUT2D eigenvalue weighted by molar-refractivity contribution is -0.137. The first-order valence-electron chi connectivity index (χ1n) is 7.66. The molecule has 136 valence electrons. The Balaban J connectivity index is 1.76. The van der Waals surface area contributed by atoms with Gasteiger partial charge in [-0.1, -0.05) is 42.2 Å². The SMILES string of the molecule is O=C(NCCC#Cc1ccc(C(F)(F)F)cc1Br)OCc1ccccc1. The number of hydrogen-bond acceptors (Lipinski definition) is 2. The molecule has 0 spiro atoms. The number of benzene rings is 2. The zero-order chi connectivity index (χ0) is 19.0. The van der Waals surface area contributed by atoms with E-state index >= 15 is 0 Å². The first kappa shape index (κ1) is 19.9. The number of rotatable bonds is 4. The summed E-state index contributed by atoms with van der Waals surface area (Å²) in [5.41, 5.74) is 0.594. The molecule has 1 N–H and O–H groups in total. The van der Waals surface area contributed by atoms with Gasteiger partial charge in [-0.2, -0.15) is 13.2 Å². The highest BCUT2D eigenvalue weighted by molar-refractivity contribution is 9.10. The molecule has 0 bridgehead atoms. The van der Waals surface area contributed by atoms with E-state index in [-0.39, 0.29) is 17.6 Å². The van der Waals surface area contributed by atoms with Crippen LogP contribution in [0.2, 0.25) is 0 Å². The fourth-order valence-corrected chi connectivity index (χ4v) is 2.43. The van der Waals surface area contributed by atoms with Crippen LogP contribution in [0.4, 0.5) is 18.0 Å². The smallest absolute Gasteiger partial charge is 0.416 e. The average Bonchev–Trinajstić information content (AvgIpc) is 2.61. The lowest BCUT2D eigenvalue weighted by Crippen LogP contribution is -2.24. The van der Waals surface area contributed by atoms with Gasteiger partial charge in [-0.25, -0.2) is 4.79 Å². The Morgan fingerprint density at radius 1 is 1.15 bits per heavy atom. The second kappa shape index (κ2) is 9.30. The van der Waals surface area contributed by atoms with Crippen LogP contribution in [0.3, 0.4) is 0 Å². The van der Waals surface area contributed by atoms with E-state index in [1.54, 1.807) is 0 Å². The highest BCUT2D eigenvalue weighted by atomic mass is 79.9. The van der Waals surface area contributed by atoms with E-state index in [9.17, 15) is 18.0 Å². The van der Waals surface area contributed by atoms with Crippen molar-refractivity contribution >= 4 is 22.0 Å². The second-order valence-electron chi connectivity index (χ2n) is 5.23. The summed E-state index contributed by atoms with van der Waals surface area (Å²) in [4.78, 5) is 11.5. The molecule has 26 heavy (non-hydrogen) atoms. The molecule has 3 nitrogen and oxygen atoms in total. The summed E-state index contributed by atoms with van der Waals surface area (Å²) in [6, 6.07) is 12.5. The number of ether oxygens (including phenoxy) is 1. The van der Waals surface area contributed by atoms with E-state index < -0.39 is 17.8 Å². The maximum Gasteiger partial charge on any atom is 0.416 e. The third-order valence-corrected chi connectivity index (χ3v) is 3.91. The van der Waals surface area contributed by atoms with E-state index in [0.29, 0.717) is 12.0 Å². The molecule has 1 amide bonds. The van der Waals surface area contributed by atoms with Gasteiger partial charge in [0.1, 0.15) is 6.61 Å². The molecule has 2 aromatic rings. The molecule has 0 radical (unpaired) electrons. The summed E-state index contributed by atoms with van der Waals surface area (Å²) in [6.07, 6.45) is -4.60. The standard InChI is InChI=1S/C19H15BrF3NO2/c20-17-12-16(19(21,22)23)10-9-15(17)8-4-5-11-24-18(25)26-13-14-6-2-1-3-7-14/h1-3,6-7,9-10,12H,5,11,13H2,(H,24,25). The minimum Gasteiger partial charge on any atom is -0.445 e. The number of alkyl carbamates (subject to hydrolysis) is 1. The van der Waals surface area contributed by atoms with Crippen LogP contribution in [0, 0.1) is 11.8 Å². The quantitative estimate of drug-likeness (QED) is 0.544. The maximum atomic E-state index is 12.6. The first-order chi connectivity index (χ1) is 12.4. The maximum absolute atomic E-state index is 12.6. The topological polar surface area (TPSA) is 38.3 Å². The van der Waals surface area contributed by atoms with Crippen LogP contribution in [0.15, 0.2) is 53.0 Å². The normalized spacial score (nSPS) is 10.6. The first-order valence-corrected chi connectivity index (χ1v) is 8.46. The van der Waals surface area contributed by atoms with Crippen molar-refractivity contribution < 1.29 is 22.7 Å². The van der Waals surface area contributed by atoms with Crippen molar-refractivity contribution in [2.45, 2.75) is 19.2 Å². The van der Waals surface area contributed by atoms with Crippen molar-refractivity contribution in [1.29, 1.82) is 0 Å². The molecular weight excluding hydrogens is 411 g/mol. The monoisotopic (exact) mass is 425 g/mol. The summed E-state index contributed by atoms with van der Waals surface area (Å²) >= 11 is 3.08. The number of carbonyl (C=O) groups excluding carboxylic acids is 1. The molecule has 0 aliphatic rings. The molecule has 2 aromatic carbocycles. The van der Waals surface area contributed by atoms with Gasteiger partial charge in [0, 0.05) is 23.0 Å². The summed E-state index contributed by atoms with van der Waals surface area (Å²) < 4.78 is 43.1. The molecule has 0 fully saturated rings. The fourth-order valence-electron chi connectivity index (χ4n) is 1.95. The summed E-state index contributed by atoms with van der Waals surface area (Å²) in [5, 5.41) is 2.56. The van der Waals surface area contributed by atoms with Crippen molar-refractivity contribution in [2.24, 2.45) is 0 Å². The van der Waals surface area contributed by atoms with Gasteiger partial charge in [-0.05, 0) is 39.7 Å². The predicted octanol–water partition coefficient (Wildman–Crippen LogP) is 5.14. The summed E-state index contributed by atoms with van der Waals surface area (Å²) in [7, 11) is 0. The van der Waals surface area contributed by atoms with Crippen molar-refractivity contribution in [2.75, 3.05) is 6.54 Å². The van der Waals surface area contributed by atoms with Crippen LogP contribution in [-0.2, 0) is 17.5 Å². The van der Waals surface area contributed by atoms with E-state index in [0.717, 1.165) is 17.7 Å². The van der Waals surface area contributed by atoms with E-state index in [1.807, 2.05) is 30.3 Å². The number of nitrogens with one attached hydrogen (secondary N) is 1. The van der Waals surface area contributed by atoms with Crippen molar-refractivity contribution in [3.05, 3.63) is 69.7 Å². The van der Waals surface area contributed by atoms with Crippen LogP contribution < -0.4 is 5.32 Å². The number of carbonyl (C=O) groups is 1. The number of alkyl halides is 3. The molecule has 0 saturated heterocycles. The Hall–Kier alpha value is -2.46. The summed E-state index contributed by atoms with van der Waals surface area (Å²) in [5.74, 6) is 5.57. The predicted molar refractivity (Wildman–Crippen MR) is 95.3 cm³/mol. The minimum atomic E-state index is -4.39. The Bertz CT molecular complexity index is 811. The van der Waals surface area contributed by atoms with Crippen molar-refractivity contribution in [3.8, 4) is 11.8 Å². The molecule has 0 atom stereocenters. The molecule has 0 unspecified atom stereocenters. The number of amides is 1. The van der Waals surface area contributed by atoms with Gasteiger partial charge < -0.3 is 10.1 Å². The van der Waals surface area contributed by atoms with Crippen LogP contribution >= 0.6 is 15.9 Å². The minimum absolute atomic E-state index is 0.177. The van der Waals surface area contributed by atoms with Crippen LogP contribution in [-0.4, -0.2) is 12.6 Å². The molecule has 0 aliphatic heterocycles. The highest BCUT2D eigenvalue weighted by Gasteiger charge is 2.30. The molecule has 7 heteroatoms. The third kappa shape index (κ3) is 6.45. The van der Waals surface area contributed by atoms with Gasteiger partial charge in [0.15, 0.2) is 0 Å². The van der Waals surface area contributed by atoms with Crippen molar-refractivity contribution in [1.82, 2.24) is 5.32 Å². The van der Waals surface area contributed by atoms with Gasteiger partial charge in [-0.15, -0.1) is 0 Å². The molecule has 0 aromatic heterocycles. The van der Waals surface area contributed by atoms with Crippen LogP contribution in [0.5, 0.6) is 0 Å². The average molecular weight is 426 g/mol. The third-order valence-electron chi connectivity index (χ3n) is 3.25. The zero-order valence-corrected chi connectivity index (χ0v) is 15.2. The lowest BCUT2D eigenvalue weighted by Gasteiger charge is -2.07. The molecule has 0 saturated carbocycles. The Morgan fingerprint density at radius 3 is 2.54 bits per heavy atom.